The van der Waals surface area contributed by atoms with Crippen molar-refractivity contribution in [2.45, 2.75) is 0 Å². The molecule has 0 spiro atoms. The molecule has 2 heteroatoms. The molecule has 12 heavy (non-hydrogen) atoms. The molecule has 0 aliphatic rings. The van der Waals surface area contributed by atoms with Gasteiger partial charge in [-0.25, -0.2) is 0 Å². The van der Waals surface area contributed by atoms with Crippen molar-refractivity contribution in [1.82, 2.24) is 0 Å². The molecule has 0 fully saturated rings. The Labute approximate surface area is 71.9 Å². The summed E-state index contributed by atoms with van der Waals surface area (Å²) in [5.41, 5.74) is 7.85. The van der Waals surface area contributed by atoms with Crippen molar-refractivity contribution < 1.29 is 0 Å². The lowest BCUT2D eigenvalue weighted by molar-refractivity contribution is 1.27. The van der Waals surface area contributed by atoms with Crippen LogP contribution in [-0.2, 0) is 0 Å². The highest BCUT2D eigenvalue weighted by atomic mass is 14.5. The van der Waals surface area contributed by atoms with Crippen molar-refractivity contribution in [3.05, 3.63) is 42.0 Å². The van der Waals surface area contributed by atoms with Gasteiger partial charge < -0.3 is 5.73 Å². The maximum atomic E-state index is 8.61. The largest absolute Gasteiger partial charge is 0.326 e. The summed E-state index contributed by atoms with van der Waals surface area (Å²) in [6, 6.07) is 9.34. The zero-order valence-corrected chi connectivity index (χ0v) is 6.75. The minimum Gasteiger partial charge on any atom is -0.326 e. The van der Waals surface area contributed by atoms with Gasteiger partial charge in [-0.2, -0.15) is 5.26 Å². The quantitative estimate of drug-likeness (QED) is 0.709. The second kappa shape index (κ2) is 3.70. The summed E-state index contributed by atoms with van der Waals surface area (Å²) in [5, 5.41) is 8.61. The normalized spacial score (nSPS) is 9.00. The van der Waals surface area contributed by atoms with Gasteiger partial charge in [0.05, 0.1) is 11.6 Å². The van der Waals surface area contributed by atoms with Crippen LogP contribution in [0.2, 0.25) is 0 Å². The Morgan fingerprint density at radius 1 is 1.58 bits per heavy atom. The minimum atomic E-state index is 0.425. The second-order valence-electron chi connectivity index (χ2n) is 2.50. The number of nitrogens with zero attached hydrogens (tertiary/aromatic N) is 1. The molecular weight excluding hydrogens is 148 g/mol. The summed E-state index contributed by atoms with van der Waals surface area (Å²) in [6.07, 6.45) is 0. The lowest BCUT2D eigenvalue weighted by Crippen LogP contribution is -2.00. The lowest BCUT2D eigenvalue weighted by Gasteiger charge is -2.01. The summed E-state index contributed by atoms with van der Waals surface area (Å²) in [6.45, 7) is 4.21. The van der Waals surface area contributed by atoms with Gasteiger partial charge in [0.1, 0.15) is 0 Å². The molecule has 1 aromatic carbocycles. The van der Waals surface area contributed by atoms with E-state index >= 15 is 0 Å². The molecule has 0 radical (unpaired) electrons. The predicted octanol–water partition coefficient (Wildman–Crippen LogP) is 1.53. The maximum absolute atomic E-state index is 8.61. The van der Waals surface area contributed by atoms with Crippen molar-refractivity contribution in [2.75, 3.05) is 6.54 Å². The third-order valence-corrected chi connectivity index (χ3v) is 1.65. The van der Waals surface area contributed by atoms with Gasteiger partial charge in [0.15, 0.2) is 0 Å². The van der Waals surface area contributed by atoms with Crippen LogP contribution in [0.15, 0.2) is 30.8 Å². The average Bonchev–Trinajstić information content (AvgIpc) is 2.17. The van der Waals surface area contributed by atoms with Gasteiger partial charge in [-0.1, -0.05) is 18.7 Å². The summed E-state index contributed by atoms with van der Waals surface area (Å²) in [7, 11) is 0. The number of nitriles is 1. The second-order valence-corrected chi connectivity index (χ2v) is 2.50. The summed E-state index contributed by atoms with van der Waals surface area (Å²) < 4.78 is 0. The number of nitrogens with two attached hydrogens (primary N) is 1. The number of hydrogen-bond acceptors (Lipinski definition) is 2. The van der Waals surface area contributed by atoms with Crippen molar-refractivity contribution >= 4 is 5.57 Å². The van der Waals surface area contributed by atoms with E-state index < -0.39 is 0 Å². The minimum absolute atomic E-state index is 0.425. The predicted molar refractivity (Wildman–Crippen MR) is 49.2 cm³/mol. The Balaban J connectivity index is 3.04. The first kappa shape index (κ1) is 8.51. The standard InChI is InChI=1S/C10H10N2/c1-8(6-11)10-4-2-3-9(5-10)7-12/h2-5H,1,6,11H2. The third kappa shape index (κ3) is 1.71. The Morgan fingerprint density at radius 2 is 2.33 bits per heavy atom. The molecule has 0 saturated heterocycles. The van der Waals surface area contributed by atoms with E-state index in [1.54, 1.807) is 12.1 Å². The average molecular weight is 158 g/mol. The maximum Gasteiger partial charge on any atom is 0.0991 e. The van der Waals surface area contributed by atoms with Crippen molar-refractivity contribution in [3.63, 3.8) is 0 Å². The molecule has 0 aromatic heterocycles. The van der Waals surface area contributed by atoms with Gasteiger partial charge in [0.25, 0.3) is 0 Å². The molecule has 0 aliphatic carbocycles. The topological polar surface area (TPSA) is 49.8 Å². The fourth-order valence-corrected chi connectivity index (χ4v) is 0.927. The van der Waals surface area contributed by atoms with Crippen LogP contribution in [0.25, 0.3) is 5.57 Å². The molecule has 0 amide bonds. The number of benzene rings is 1. The first-order chi connectivity index (χ1) is 5.77. The van der Waals surface area contributed by atoms with Crippen LogP contribution in [0, 0.1) is 11.3 Å². The first-order valence-electron chi connectivity index (χ1n) is 3.66. The van der Waals surface area contributed by atoms with E-state index in [0.717, 1.165) is 11.1 Å². The van der Waals surface area contributed by atoms with Crippen LogP contribution in [0.5, 0.6) is 0 Å². The van der Waals surface area contributed by atoms with E-state index in [-0.39, 0.29) is 0 Å². The molecule has 0 saturated carbocycles. The Morgan fingerprint density at radius 3 is 2.92 bits per heavy atom. The van der Waals surface area contributed by atoms with Gasteiger partial charge >= 0.3 is 0 Å². The molecule has 0 heterocycles. The Bertz CT molecular complexity index is 334. The lowest BCUT2D eigenvalue weighted by atomic mass is 10.1. The number of rotatable bonds is 2. The van der Waals surface area contributed by atoms with E-state index in [2.05, 4.69) is 12.6 Å². The molecule has 2 N–H and O–H groups in total. The molecule has 0 aliphatic heterocycles. The molecule has 1 rings (SSSR count). The molecule has 60 valence electrons. The van der Waals surface area contributed by atoms with E-state index in [4.69, 9.17) is 11.0 Å². The van der Waals surface area contributed by atoms with Gasteiger partial charge in [-0.3, -0.25) is 0 Å². The highest BCUT2D eigenvalue weighted by molar-refractivity contribution is 5.65. The molecule has 0 bridgehead atoms. The van der Waals surface area contributed by atoms with Crippen LogP contribution in [0.1, 0.15) is 11.1 Å². The Kier molecular flexibility index (Phi) is 2.62. The highest BCUT2D eigenvalue weighted by Gasteiger charge is 1.96. The Hall–Kier alpha value is -1.59. The molecule has 2 nitrogen and oxygen atoms in total. The van der Waals surface area contributed by atoms with Crippen LogP contribution < -0.4 is 5.73 Å². The smallest absolute Gasteiger partial charge is 0.0991 e. The first-order valence-corrected chi connectivity index (χ1v) is 3.66. The van der Waals surface area contributed by atoms with Gasteiger partial charge in [-0.15, -0.1) is 0 Å². The van der Waals surface area contributed by atoms with Crippen molar-refractivity contribution in [2.24, 2.45) is 5.73 Å². The zero-order valence-electron chi connectivity index (χ0n) is 6.75. The van der Waals surface area contributed by atoms with Crippen LogP contribution in [0.4, 0.5) is 0 Å². The summed E-state index contributed by atoms with van der Waals surface area (Å²) in [5.74, 6) is 0. The van der Waals surface area contributed by atoms with Crippen molar-refractivity contribution in [3.8, 4) is 6.07 Å². The van der Waals surface area contributed by atoms with E-state index in [9.17, 15) is 0 Å². The molecule has 0 unspecified atom stereocenters. The van der Waals surface area contributed by atoms with E-state index in [1.807, 2.05) is 12.1 Å². The van der Waals surface area contributed by atoms with Crippen LogP contribution in [0.3, 0.4) is 0 Å². The zero-order chi connectivity index (χ0) is 8.97. The molecular formula is C10H10N2. The fraction of sp³-hybridized carbons (Fsp3) is 0.100. The monoisotopic (exact) mass is 158 g/mol. The molecule has 1 aromatic rings. The van der Waals surface area contributed by atoms with Gasteiger partial charge in [-0.05, 0) is 23.3 Å². The SMILES string of the molecule is C=C(CN)c1cccc(C#N)c1. The summed E-state index contributed by atoms with van der Waals surface area (Å²) in [4.78, 5) is 0. The summed E-state index contributed by atoms with van der Waals surface area (Å²) >= 11 is 0. The third-order valence-electron chi connectivity index (χ3n) is 1.65. The van der Waals surface area contributed by atoms with Crippen molar-refractivity contribution in [1.29, 1.82) is 5.26 Å². The van der Waals surface area contributed by atoms with E-state index in [0.29, 0.717) is 12.1 Å². The van der Waals surface area contributed by atoms with E-state index in [1.165, 1.54) is 0 Å². The van der Waals surface area contributed by atoms with Gasteiger partial charge in [0, 0.05) is 6.54 Å². The van der Waals surface area contributed by atoms with Gasteiger partial charge in [0.2, 0.25) is 0 Å². The fourth-order valence-electron chi connectivity index (χ4n) is 0.927. The highest BCUT2D eigenvalue weighted by Crippen LogP contribution is 2.11. The molecule has 0 atom stereocenters. The number of hydrogen-bond donors (Lipinski definition) is 1. The van der Waals surface area contributed by atoms with Crippen LogP contribution in [-0.4, -0.2) is 6.54 Å². The van der Waals surface area contributed by atoms with Crippen LogP contribution >= 0.6 is 0 Å².